The minimum absolute atomic E-state index is 0.0133. The number of esters is 1. The van der Waals surface area contributed by atoms with E-state index in [1.807, 2.05) is 13.8 Å². The van der Waals surface area contributed by atoms with E-state index in [1.54, 1.807) is 0 Å². The molecule has 1 aromatic rings. The van der Waals surface area contributed by atoms with Gasteiger partial charge >= 0.3 is 5.97 Å². The molecule has 1 rings (SSSR count). The lowest BCUT2D eigenvalue weighted by atomic mass is 10.0. The SMILES string of the molecule is COC(=O)C(Nc1cc(Cl)c(F)cc1N)C(C)C. The quantitative estimate of drug-likeness (QED) is 0.654. The van der Waals surface area contributed by atoms with Crippen molar-refractivity contribution < 1.29 is 13.9 Å². The Kier molecular flexibility index (Phi) is 4.78. The Morgan fingerprint density at radius 2 is 2.11 bits per heavy atom. The van der Waals surface area contributed by atoms with E-state index in [0.717, 1.165) is 6.07 Å². The molecule has 0 saturated carbocycles. The summed E-state index contributed by atoms with van der Waals surface area (Å²) >= 11 is 5.68. The molecule has 1 aromatic carbocycles. The molecule has 18 heavy (non-hydrogen) atoms. The number of carbonyl (C=O) groups is 1. The van der Waals surface area contributed by atoms with Crippen molar-refractivity contribution in [2.45, 2.75) is 19.9 Å². The summed E-state index contributed by atoms with van der Waals surface area (Å²) in [5, 5.41) is 2.86. The Bertz CT molecular complexity index is 452. The Labute approximate surface area is 110 Å². The summed E-state index contributed by atoms with van der Waals surface area (Å²) in [6.45, 7) is 3.71. The average molecular weight is 275 g/mol. The molecule has 0 aliphatic carbocycles. The summed E-state index contributed by atoms with van der Waals surface area (Å²) in [5.74, 6) is -1.02. The maximum Gasteiger partial charge on any atom is 0.328 e. The Morgan fingerprint density at radius 1 is 1.50 bits per heavy atom. The number of hydrogen-bond donors (Lipinski definition) is 2. The van der Waals surface area contributed by atoms with E-state index in [9.17, 15) is 9.18 Å². The molecule has 0 heterocycles. The number of nitrogens with two attached hydrogens (primary N) is 1. The van der Waals surface area contributed by atoms with Crippen LogP contribution in [0.15, 0.2) is 12.1 Å². The minimum Gasteiger partial charge on any atom is -0.467 e. The molecule has 0 aliphatic heterocycles. The standard InChI is InChI=1S/C12H16ClFN2O2/c1-6(2)11(12(17)18-3)16-10-4-7(13)8(14)5-9(10)15/h4-6,11,16H,15H2,1-3H3. The summed E-state index contributed by atoms with van der Waals surface area (Å²) in [5.41, 5.74) is 6.26. The van der Waals surface area contributed by atoms with Gasteiger partial charge in [-0.15, -0.1) is 0 Å². The Morgan fingerprint density at radius 3 is 2.61 bits per heavy atom. The molecule has 0 aromatic heterocycles. The van der Waals surface area contributed by atoms with E-state index in [2.05, 4.69) is 5.32 Å². The largest absolute Gasteiger partial charge is 0.467 e. The van der Waals surface area contributed by atoms with Crippen LogP contribution in [0.1, 0.15) is 13.8 Å². The normalized spacial score (nSPS) is 12.3. The van der Waals surface area contributed by atoms with Crippen molar-refractivity contribution in [2.75, 3.05) is 18.2 Å². The monoisotopic (exact) mass is 274 g/mol. The van der Waals surface area contributed by atoms with Gasteiger partial charge in [0, 0.05) is 6.07 Å². The van der Waals surface area contributed by atoms with Gasteiger partial charge in [0.05, 0.1) is 23.5 Å². The van der Waals surface area contributed by atoms with Gasteiger partial charge in [0.2, 0.25) is 0 Å². The van der Waals surface area contributed by atoms with Crippen LogP contribution in [0.3, 0.4) is 0 Å². The Hall–Kier alpha value is -1.49. The van der Waals surface area contributed by atoms with Gasteiger partial charge < -0.3 is 15.8 Å². The van der Waals surface area contributed by atoms with Crippen molar-refractivity contribution in [3.63, 3.8) is 0 Å². The lowest BCUT2D eigenvalue weighted by molar-refractivity contribution is -0.142. The van der Waals surface area contributed by atoms with E-state index in [4.69, 9.17) is 22.1 Å². The number of nitrogens with one attached hydrogen (secondary N) is 1. The molecular weight excluding hydrogens is 259 g/mol. The number of benzene rings is 1. The molecule has 1 unspecified atom stereocenters. The second-order valence-corrected chi connectivity index (χ2v) is 4.65. The topological polar surface area (TPSA) is 64.3 Å². The number of carbonyl (C=O) groups excluding carboxylic acids is 1. The van der Waals surface area contributed by atoms with Crippen molar-refractivity contribution in [2.24, 2.45) is 5.92 Å². The zero-order valence-corrected chi connectivity index (χ0v) is 11.2. The van der Waals surface area contributed by atoms with Crippen molar-refractivity contribution in [1.29, 1.82) is 0 Å². The number of rotatable bonds is 4. The molecule has 0 saturated heterocycles. The fraction of sp³-hybridized carbons (Fsp3) is 0.417. The highest BCUT2D eigenvalue weighted by Gasteiger charge is 2.23. The van der Waals surface area contributed by atoms with E-state index < -0.39 is 17.8 Å². The van der Waals surface area contributed by atoms with Crippen LogP contribution in [0.25, 0.3) is 0 Å². The van der Waals surface area contributed by atoms with Gasteiger partial charge in [0.1, 0.15) is 11.9 Å². The van der Waals surface area contributed by atoms with Gasteiger partial charge in [0.25, 0.3) is 0 Å². The fourth-order valence-electron chi connectivity index (χ4n) is 1.48. The van der Waals surface area contributed by atoms with Crippen LogP contribution in [0.5, 0.6) is 0 Å². The van der Waals surface area contributed by atoms with Crippen LogP contribution in [0.2, 0.25) is 5.02 Å². The fourth-order valence-corrected chi connectivity index (χ4v) is 1.64. The molecule has 100 valence electrons. The highest BCUT2D eigenvalue weighted by molar-refractivity contribution is 6.31. The summed E-state index contributed by atoms with van der Waals surface area (Å²) in [7, 11) is 1.31. The highest BCUT2D eigenvalue weighted by atomic mass is 35.5. The highest BCUT2D eigenvalue weighted by Crippen LogP contribution is 2.27. The maximum atomic E-state index is 13.1. The molecule has 0 radical (unpaired) electrons. The van der Waals surface area contributed by atoms with Gasteiger partial charge in [-0.05, 0) is 12.0 Å². The van der Waals surface area contributed by atoms with Gasteiger partial charge in [-0.1, -0.05) is 25.4 Å². The van der Waals surface area contributed by atoms with Crippen molar-refractivity contribution in [3.8, 4) is 0 Å². The molecule has 0 bridgehead atoms. The second kappa shape index (κ2) is 5.91. The van der Waals surface area contributed by atoms with Crippen molar-refractivity contribution >= 4 is 28.9 Å². The predicted molar refractivity (Wildman–Crippen MR) is 70.1 cm³/mol. The first-order valence-corrected chi connectivity index (χ1v) is 5.83. The van der Waals surface area contributed by atoms with Crippen LogP contribution in [0, 0.1) is 11.7 Å². The first kappa shape index (κ1) is 14.6. The first-order valence-electron chi connectivity index (χ1n) is 5.45. The molecule has 6 heteroatoms. The molecule has 3 N–H and O–H groups in total. The molecule has 1 atom stereocenters. The molecule has 0 aliphatic rings. The summed E-state index contributed by atoms with van der Waals surface area (Å²) in [4.78, 5) is 11.6. The first-order chi connectivity index (χ1) is 8.36. The minimum atomic E-state index is -0.598. The third-order valence-electron chi connectivity index (χ3n) is 2.53. The molecule has 4 nitrogen and oxygen atoms in total. The number of methoxy groups -OCH3 is 1. The molecular formula is C12H16ClFN2O2. The maximum absolute atomic E-state index is 13.1. The van der Waals surface area contributed by atoms with Gasteiger partial charge in [-0.2, -0.15) is 0 Å². The summed E-state index contributed by atoms with van der Waals surface area (Å²) in [6, 6.07) is 1.89. The van der Waals surface area contributed by atoms with E-state index in [0.29, 0.717) is 5.69 Å². The molecule has 0 spiro atoms. The van der Waals surface area contributed by atoms with Crippen LogP contribution in [-0.4, -0.2) is 19.1 Å². The zero-order chi connectivity index (χ0) is 13.9. The van der Waals surface area contributed by atoms with Crippen LogP contribution >= 0.6 is 11.6 Å². The number of ether oxygens (including phenoxy) is 1. The smallest absolute Gasteiger partial charge is 0.328 e. The third-order valence-corrected chi connectivity index (χ3v) is 2.81. The summed E-state index contributed by atoms with van der Waals surface area (Å²) in [6.07, 6.45) is 0. The lowest BCUT2D eigenvalue weighted by Crippen LogP contribution is -2.35. The van der Waals surface area contributed by atoms with Crippen LogP contribution < -0.4 is 11.1 Å². The molecule has 0 fully saturated rings. The van der Waals surface area contributed by atoms with E-state index in [1.165, 1.54) is 13.2 Å². The van der Waals surface area contributed by atoms with Gasteiger partial charge in [0.15, 0.2) is 0 Å². The third kappa shape index (κ3) is 3.26. The van der Waals surface area contributed by atoms with Crippen LogP contribution in [-0.2, 0) is 9.53 Å². The predicted octanol–water partition coefficient (Wildman–Crippen LogP) is 2.67. The number of hydrogen-bond acceptors (Lipinski definition) is 4. The number of anilines is 2. The number of halogens is 2. The van der Waals surface area contributed by atoms with Crippen molar-refractivity contribution in [3.05, 3.63) is 23.0 Å². The molecule has 0 amide bonds. The van der Waals surface area contributed by atoms with Gasteiger partial charge in [-0.25, -0.2) is 9.18 Å². The average Bonchev–Trinajstić information content (AvgIpc) is 2.30. The van der Waals surface area contributed by atoms with Crippen LogP contribution in [0.4, 0.5) is 15.8 Å². The number of nitrogen functional groups attached to an aromatic ring is 1. The second-order valence-electron chi connectivity index (χ2n) is 4.24. The van der Waals surface area contributed by atoms with Crippen molar-refractivity contribution in [1.82, 2.24) is 0 Å². The van der Waals surface area contributed by atoms with Gasteiger partial charge in [-0.3, -0.25) is 0 Å². The Balaban J connectivity index is 3.01. The van der Waals surface area contributed by atoms with E-state index >= 15 is 0 Å². The summed E-state index contributed by atoms with van der Waals surface area (Å²) < 4.78 is 17.8. The van der Waals surface area contributed by atoms with E-state index in [-0.39, 0.29) is 16.6 Å². The zero-order valence-electron chi connectivity index (χ0n) is 10.5. The lowest BCUT2D eigenvalue weighted by Gasteiger charge is -2.22.